The van der Waals surface area contributed by atoms with Gasteiger partial charge in [-0.05, 0) is 25.7 Å². The SMILES string of the molecule is NC1(CC(=O)C2CCCCC2)CCCC1. The van der Waals surface area contributed by atoms with Crippen molar-refractivity contribution < 1.29 is 4.79 Å². The minimum absolute atomic E-state index is 0.130. The quantitative estimate of drug-likeness (QED) is 0.776. The zero-order valence-corrected chi connectivity index (χ0v) is 9.63. The maximum Gasteiger partial charge on any atom is 0.137 e. The summed E-state index contributed by atoms with van der Waals surface area (Å²) in [5.74, 6) is 0.805. The molecule has 15 heavy (non-hydrogen) atoms. The molecule has 0 amide bonds. The van der Waals surface area contributed by atoms with E-state index in [1.807, 2.05) is 0 Å². The highest BCUT2D eigenvalue weighted by Gasteiger charge is 2.34. The Labute approximate surface area is 92.6 Å². The average molecular weight is 209 g/mol. The molecule has 2 N–H and O–H groups in total. The van der Waals surface area contributed by atoms with E-state index in [0.717, 1.165) is 25.7 Å². The van der Waals surface area contributed by atoms with Crippen LogP contribution in [0.25, 0.3) is 0 Å². The van der Waals surface area contributed by atoms with E-state index >= 15 is 0 Å². The predicted octanol–water partition coefficient (Wildman–Crippen LogP) is 2.80. The van der Waals surface area contributed by atoms with E-state index in [1.165, 1.54) is 32.1 Å². The highest BCUT2D eigenvalue weighted by atomic mass is 16.1. The second-order valence-corrected chi connectivity index (χ2v) is 5.55. The number of ketones is 1. The Kier molecular flexibility index (Phi) is 3.45. The fraction of sp³-hybridized carbons (Fsp3) is 0.923. The summed E-state index contributed by atoms with van der Waals surface area (Å²) in [6.07, 6.45) is 11.3. The van der Waals surface area contributed by atoms with Crippen LogP contribution in [0.15, 0.2) is 0 Å². The monoisotopic (exact) mass is 209 g/mol. The van der Waals surface area contributed by atoms with E-state index in [-0.39, 0.29) is 5.54 Å². The lowest BCUT2D eigenvalue weighted by Gasteiger charge is -2.27. The molecule has 0 aliphatic heterocycles. The third-order valence-corrected chi connectivity index (χ3v) is 4.19. The van der Waals surface area contributed by atoms with Crippen molar-refractivity contribution >= 4 is 5.78 Å². The molecule has 86 valence electrons. The maximum absolute atomic E-state index is 12.1. The molecule has 0 aromatic heterocycles. The van der Waals surface area contributed by atoms with E-state index in [1.54, 1.807) is 0 Å². The molecular formula is C13H23NO. The summed E-state index contributed by atoms with van der Waals surface area (Å²) in [7, 11) is 0. The van der Waals surface area contributed by atoms with Gasteiger partial charge in [0.05, 0.1) is 0 Å². The summed E-state index contributed by atoms with van der Waals surface area (Å²) in [6, 6.07) is 0. The molecule has 0 heterocycles. The standard InChI is InChI=1S/C13H23NO/c14-13(8-4-5-9-13)10-12(15)11-6-2-1-3-7-11/h11H,1-10,14H2. The lowest BCUT2D eigenvalue weighted by Crippen LogP contribution is -2.40. The van der Waals surface area contributed by atoms with Crippen molar-refractivity contribution in [1.82, 2.24) is 0 Å². The van der Waals surface area contributed by atoms with Gasteiger partial charge in [-0.25, -0.2) is 0 Å². The van der Waals surface area contributed by atoms with Gasteiger partial charge in [-0.15, -0.1) is 0 Å². The highest BCUT2D eigenvalue weighted by molar-refractivity contribution is 5.82. The first-order valence-corrected chi connectivity index (χ1v) is 6.51. The van der Waals surface area contributed by atoms with Crippen LogP contribution in [0, 0.1) is 5.92 Å². The van der Waals surface area contributed by atoms with Crippen LogP contribution in [0.5, 0.6) is 0 Å². The molecule has 0 spiro atoms. The molecule has 0 unspecified atom stereocenters. The van der Waals surface area contributed by atoms with Gasteiger partial charge in [-0.2, -0.15) is 0 Å². The summed E-state index contributed by atoms with van der Waals surface area (Å²) in [5, 5.41) is 0. The summed E-state index contributed by atoms with van der Waals surface area (Å²) in [6.45, 7) is 0. The average Bonchev–Trinajstić information content (AvgIpc) is 2.66. The van der Waals surface area contributed by atoms with Gasteiger partial charge in [0.2, 0.25) is 0 Å². The first-order chi connectivity index (χ1) is 7.20. The molecule has 2 aliphatic carbocycles. The van der Waals surface area contributed by atoms with Gasteiger partial charge < -0.3 is 5.73 Å². The number of nitrogens with two attached hydrogens (primary N) is 1. The Hall–Kier alpha value is -0.370. The molecule has 0 saturated heterocycles. The molecule has 2 rings (SSSR count). The van der Waals surface area contributed by atoms with Crippen molar-refractivity contribution in [3.63, 3.8) is 0 Å². The van der Waals surface area contributed by atoms with Gasteiger partial charge in [0.1, 0.15) is 5.78 Å². The van der Waals surface area contributed by atoms with Crippen molar-refractivity contribution in [3.8, 4) is 0 Å². The van der Waals surface area contributed by atoms with Gasteiger partial charge in [0, 0.05) is 17.9 Å². The third-order valence-electron chi connectivity index (χ3n) is 4.19. The Morgan fingerprint density at radius 1 is 1.07 bits per heavy atom. The molecule has 2 aliphatic rings. The second-order valence-electron chi connectivity index (χ2n) is 5.55. The Morgan fingerprint density at radius 3 is 2.27 bits per heavy atom. The van der Waals surface area contributed by atoms with Gasteiger partial charge in [0.25, 0.3) is 0 Å². The smallest absolute Gasteiger partial charge is 0.137 e. The largest absolute Gasteiger partial charge is 0.325 e. The topological polar surface area (TPSA) is 43.1 Å². The lowest BCUT2D eigenvalue weighted by molar-refractivity contribution is -0.124. The Balaban J connectivity index is 1.85. The third kappa shape index (κ3) is 2.81. The fourth-order valence-electron chi connectivity index (χ4n) is 3.17. The van der Waals surface area contributed by atoms with Crippen molar-refractivity contribution in [2.75, 3.05) is 0 Å². The number of rotatable bonds is 3. The molecule has 0 atom stereocenters. The number of hydrogen-bond donors (Lipinski definition) is 1. The molecule has 0 aromatic carbocycles. The summed E-state index contributed by atoms with van der Waals surface area (Å²) < 4.78 is 0. The molecule has 0 radical (unpaired) electrons. The summed E-state index contributed by atoms with van der Waals surface area (Å²) in [4.78, 5) is 12.1. The predicted molar refractivity (Wildman–Crippen MR) is 61.6 cm³/mol. The van der Waals surface area contributed by atoms with Crippen LogP contribution in [-0.2, 0) is 4.79 Å². The van der Waals surface area contributed by atoms with Gasteiger partial charge >= 0.3 is 0 Å². The van der Waals surface area contributed by atoms with E-state index in [9.17, 15) is 4.79 Å². The molecule has 2 fully saturated rings. The molecule has 2 nitrogen and oxygen atoms in total. The van der Waals surface area contributed by atoms with Crippen LogP contribution in [-0.4, -0.2) is 11.3 Å². The van der Waals surface area contributed by atoms with Crippen LogP contribution in [0.3, 0.4) is 0 Å². The first-order valence-electron chi connectivity index (χ1n) is 6.51. The normalized spacial score (nSPS) is 26.7. The summed E-state index contributed by atoms with van der Waals surface area (Å²) >= 11 is 0. The maximum atomic E-state index is 12.1. The number of carbonyl (C=O) groups excluding carboxylic acids is 1. The van der Waals surface area contributed by atoms with E-state index in [4.69, 9.17) is 5.73 Å². The van der Waals surface area contributed by atoms with Crippen molar-refractivity contribution in [2.45, 2.75) is 69.7 Å². The van der Waals surface area contributed by atoms with Crippen molar-refractivity contribution in [1.29, 1.82) is 0 Å². The van der Waals surface area contributed by atoms with Crippen LogP contribution in [0.2, 0.25) is 0 Å². The van der Waals surface area contributed by atoms with Crippen LogP contribution >= 0.6 is 0 Å². The number of carbonyl (C=O) groups is 1. The first kappa shape index (κ1) is 11.1. The highest BCUT2D eigenvalue weighted by Crippen LogP contribution is 2.33. The Morgan fingerprint density at radius 2 is 1.67 bits per heavy atom. The van der Waals surface area contributed by atoms with Gasteiger partial charge in [-0.1, -0.05) is 32.1 Å². The van der Waals surface area contributed by atoms with Gasteiger partial charge in [0.15, 0.2) is 0 Å². The van der Waals surface area contributed by atoms with E-state index in [2.05, 4.69) is 0 Å². The lowest BCUT2D eigenvalue weighted by atomic mass is 9.81. The van der Waals surface area contributed by atoms with Crippen LogP contribution in [0.1, 0.15) is 64.2 Å². The number of hydrogen-bond acceptors (Lipinski definition) is 2. The van der Waals surface area contributed by atoms with Crippen LogP contribution < -0.4 is 5.73 Å². The molecule has 0 bridgehead atoms. The fourth-order valence-corrected chi connectivity index (χ4v) is 3.17. The second kappa shape index (κ2) is 4.65. The zero-order valence-electron chi connectivity index (χ0n) is 9.63. The molecule has 2 saturated carbocycles. The van der Waals surface area contributed by atoms with E-state index < -0.39 is 0 Å². The molecule has 2 heteroatoms. The van der Waals surface area contributed by atoms with Crippen LogP contribution in [0.4, 0.5) is 0 Å². The molecule has 0 aromatic rings. The minimum Gasteiger partial charge on any atom is -0.325 e. The van der Waals surface area contributed by atoms with Gasteiger partial charge in [-0.3, -0.25) is 4.79 Å². The van der Waals surface area contributed by atoms with Crippen molar-refractivity contribution in [2.24, 2.45) is 11.7 Å². The van der Waals surface area contributed by atoms with Crippen molar-refractivity contribution in [3.05, 3.63) is 0 Å². The summed E-state index contributed by atoms with van der Waals surface area (Å²) in [5.41, 5.74) is 6.12. The zero-order chi connectivity index (χ0) is 10.7. The minimum atomic E-state index is -0.130. The number of Topliss-reactive ketones (excluding diaryl/α,β-unsaturated/α-hetero) is 1. The van der Waals surface area contributed by atoms with E-state index in [0.29, 0.717) is 18.1 Å². The Bertz CT molecular complexity index is 225. The molecular weight excluding hydrogens is 186 g/mol.